The maximum Gasteiger partial charge on any atom is 0.241 e. The molecule has 2 aliphatic rings. The first-order valence-corrected chi connectivity index (χ1v) is 9.05. The standard InChI is InChI=1S/C18H28N4O3.3ClH/c1-2-15(19)18(23)20-16-4-3-14(21-5-9-24-10-6-21)13-17(16)22-7-11-25-12-8-22;;;/h3-4,13,15H,2,5-12,19H2,1H3,(H,20,23);3*1H/t15-;;;/m0.../s1. The zero-order valence-electron chi connectivity index (χ0n) is 16.1. The monoisotopic (exact) mass is 456 g/mol. The molecule has 2 saturated heterocycles. The first kappa shape index (κ1) is 27.0. The summed E-state index contributed by atoms with van der Waals surface area (Å²) in [7, 11) is 0. The number of hydrogen-bond donors (Lipinski definition) is 2. The molecule has 1 aromatic carbocycles. The van der Waals surface area contributed by atoms with Gasteiger partial charge in [-0.2, -0.15) is 0 Å². The lowest BCUT2D eigenvalue weighted by Gasteiger charge is -2.33. The molecule has 2 heterocycles. The Morgan fingerprint density at radius 3 is 2.11 bits per heavy atom. The van der Waals surface area contributed by atoms with Crippen molar-refractivity contribution in [2.45, 2.75) is 19.4 Å². The molecule has 0 saturated carbocycles. The summed E-state index contributed by atoms with van der Waals surface area (Å²) in [5.41, 5.74) is 8.87. The van der Waals surface area contributed by atoms with Crippen LogP contribution in [0.2, 0.25) is 0 Å². The van der Waals surface area contributed by atoms with Gasteiger partial charge >= 0.3 is 0 Å². The molecule has 0 bridgehead atoms. The molecule has 0 aromatic heterocycles. The van der Waals surface area contributed by atoms with E-state index in [2.05, 4.69) is 27.2 Å². The highest BCUT2D eigenvalue weighted by Crippen LogP contribution is 2.32. The highest BCUT2D eigenvalue weighted by Gasteiger charge is 2.20. The number of rotatable bonds is 5. The summed E-state index contributed by atoms with van der Waals surface area (Å²) in [6.45, 7) is 8.20. The van der Waals surface area contributed by atoms with Crippen LogP contribution in [0.4, 0.5) is 17.1 Å². The maximum absolute atomic E-state index is 12.3. The topological polar surface area (TPSA) is 80.1 Å². The number of halogens is 3. The van der Waals surface area contributed by atoms with E-state index in [1.165, 1.54) is 0 Å². The lowest BCUT2D eigenvalue weighted by Crippen LogP contribution is -2.39. The van der Waals surface area contributed by atoms with Gasteiger partial charge < -0.3 is 30.3 Å². The van der Waals surface area contributed by atoms with Crippen molar-refractivity contribution in [1.82, 2.24) is 0 Å². The first-order valence-electron chi connectivity index (χ1n) is 9.05. The number of ether oxygens (including phenoxy) is 2. The fourth-order valence-electron chi connectivity index (χ4n) is 3.12. The number of carbonyl (C=O) groups excluding carboxylic acids is 1. The van der Waals surface area contributed by atoms with E-state index in [9.17, 15) is 4.79 Å². The molecule has 10 heteroatoms. The van der Waals surface area contributed by atoms with Crippen molar-refractivity contribution in [3.63, 3.8) is 0 Å². The van der Waals surface area contributed by atoms with Crippen molar-refractivity contribution in [3.8, 4) is 0 Å². The summed E-state index contributed by atoms with van der Waals surface area (Å²) in [6, 6.07) is 5.71. The van der Waals surface area contributed by atoms with Gasteiger partial charge in [-0.05, 0) is 24.6 Å². The van der Waals surface area contributed by atoms with Crippen molar-refractivity contribution in [2.24, 2.45) is 5.73 Å². The zero-order chi connectivity index (χ0) is 17.6. The largest absolute Gasteiger partial charge is 0.378 e. The molecule has 0 aliphatic carbocycles. The van der Waals surface area contributed by atoms with Gasteiger partial charge in [-0.3, -0.25) is 4.79 Å². The van der Waals surface area contributed by atoms with E-state index in [1.54, 1.807) is 0 Å². The number of nitrogens with two attached hydrogens (primary N) is 1. The highest BCUT2D eigenvalue weighted by atomic mass is 35.5. The van der Waals surface area contributed by atoms with Crippen molar-refractivity contribution < 1.29 is 14.3 Å². The van der Waals surface area contributed by atoms with Crippen LogP contribution in [0.25, 0.3) is 0 Å². The summed E-state index contributed by atoms with van der Waals surface area (Å²) < 4.78 is 10.9. The number of nitrogens with one attached hydrogen (secondary N) is 1. The Morgan fingerprint density at radius 2 is 1.57 bits per heavy atom. The van der Waals surface area contributed by atoms with Crippen LogP contribution in [-0.4, -0.2) is 64.6 Å². The van der Waals surface area contributed by atoms with E-state index >= 15 is 0 Å². The molecular formula is C18H31Cl3N4O3. The maximum atomic E-state index is 12.3. The van der Waals surface area contributed by atoms with Crippen LogP contribution in [0.3, 0.4) is 0 Å². The van der Waals surface area contributed by atoms with E-state index in [0.717, 1.165) is 56.5 Å². The Balaban J connectivity index is 0.00000243. The molecule has 1 aromatic rings. The number of nitrogens with zero attached hydrogens (tertiary/aromatic N) is 2. The Morgan fingerprint density at radius 1 is 1.04 bits per heavy atom. The molecule has 1 amide bonds. The second-order valence-corrected chi connectivity index (χ2v) is 6.40. The van der Waals surface area contributed by atoms with Gasteiger partial charge in [0.15, 0.2) is 0 Å². The van der Waals surface area contributed by atoms with Gasteiger partial charge in [0.25, 0.3) is 0 Å². The Labute approximate surface area is 185 Å². The van der Waals surface area contributed by atoms with Crippen LogP contribution in [0.5, 0.6) is 0 Å². The Hall–Kier alpha value is -0.960. The third-order valence-corrected chi connectivity index (χ3v) is 4.74. The van der Waals surface area contributed by atoms with E-state index in [-0.39, 0.29) is 43.1 Å². The average Bonchev–Trinajstić information content (AvgIpc) is 2.69. The number of anilines is 3. The second-order valence-electron chi connectivity index (χ2n) is 6.40. The average molecular weight is 458 g/mol. The highest BCUT2D eigenvalue weighted by molar-refractivity contribution is 5.98. The van der Waals surface area contributed by atoms with Gasteiger partial charge in [0, 0.05) is 31.9 Å². The third kappa shape index (κ3) is 6.83. The Bertz CT molecular complexity index is 597. The molecular weight excluding hydrogens is 427 g/mol. The van der Waals surface area contributed by atoms with E-state index in [4.69, 9.17) is 15.2 Å². The number of hydrogen-bond acceptors (Lipinski definition) is 6. The van der Waals surface area contributed by atoms with Gasteiger partial charge in [-0.1, -0.05) is 6.92 Å². The molecule has 0 unspecified atom stereocenters. The minimum atomic E-state index is -0.489. The van der Waals surface area contributed by atoms with Crippen LogP contribution < -0.4 is 20.9 Å². The van der Waals surface area contributed by atoms with Crippen molar-refractivity contribution >= 4 is 60.2 Å². The number of amides is 1. The lowest BCUT2D eigenvalue weighted by atomic mass is 10.1. The number of benzene rings is 1. The van der Waals surface area contributed by atoms with E-state index in [0.29, 0.717) is 19.6 Å². The van der Waals surface area contributed by atoms with Gasteiger partial charge in [-0.15, -0.1) is 37.2 Å². The van der Waals surface area contributed by atoms with Gasteiger partial charge in [0.2, 0.25) is 5.91 Å². The summed E-state index contributed by atoms with van der Waals surface area (Å²) in [4.78, 5) is 16.8. The minimum absolute atomic E-state index is 0. The third-order valence-electron chi connectivity index (χ3n) is 4.74. The van der Waals surface area contributed by atoms with Crippen molar-refractivity contribution in [3.05, 3.63) is 18.2 Å². The van der Waals surface area contributed by atoms with Crippen molar-refractivity contribution in [1.29, 1.82) is 0 Å². The van der Waals surface area contributed by atoms with Crippen LogP contribution in [0.15, 0.2) is 18.2 Å². The van der Waals surface area contributed by atoms with Crippen LogP contribution in [-0.2, 0) is 14.3 Å². The van der Waals surface area contributed by atoms with Gasteiger partial charge in [-0.25, -0.2) is 0 Å². The fourth-order valence-corrected chi connectivity index (χ4v) is 3.12. The molecule has 0 radical (unpaired) electrons. The minimum Gasteiger partial charge on any atom is -0.378 e. The van der Waals surface area contributed by atoms with Gasteiger partial charge in [0.05, 0.1) is 43.8 Å². The van der Waals surface area contributed by atoms with Crippen molar-refractivity contribution in [2.75, 3.05) is 67.7 Å². The Kier molecular flexibility index (Phi) is 12.8. The van der Waals surface area contributed by atoms with Gasteiger partial charge in [0.1, 0.15) is 0 Å². The smallest absolute Gasteiger partial charge is 0.241 e. The zero-order valence-corrected chi connectivity index (χ0v) is 18.5. The van der Waals surface area contributed by atoms with Crippen LogP contribution in [0.1, 0.15) is 13.3 Å². The SMILES string of the molecule is CC[C@H](N)C(=O)Nc1ccc(N2CCOCC2)cc1N1CCOCC1.Cl.Cl.Cl. The number of morpholine rings is 2. The van der Waals surface area contributed by atoms with E-state index < -0.39 is 6.04 Å². The summed E-state index contributed by atoms with van der Waals surface area (Å²) in [5, 5.41) is 3.00. The molecule has 3 rings (SSSR count). The molecule has 1 atom stereocenters. The molecule has 28 heavy (non-hydrogen) atoms. The quantitative estimate of drug-likeness (QED) is 0.706. The molecule has 3 N–H and O–H groups in total. The normalized spacial score (nSPS) is 17.5. The summed E-state index contributed by atoms with van der Waals surface area (Å²) >= 11 is 0. The van der Waals surface area contributed by atoms with E-state index in [1.807, 2.05) is 13.0 Å². The number of carbonyl (C=O) groups is 1. The lowest BCUT2D eigenvalue weighted by molar-refractivity contribution is -0.117. The second kappa shape index (κ2) is 13.3. The predicted molar refractivity (Wildman–Crippen MR) is 121 cm³/mol. The molecule has 2 fully saturated rings. The molecule has 0 spiro atoms. The van der Waals surface area contributed by atoms with Crippen LogP contribution >= 0.6 is 37.2 Å². The summed E-state index contributed by atoms with van der Waals surface area (Å²) in [5.74, 6) is -0.142. The molecule has 7 nitrogen and oxygen atoms in total. The molecule has 2 aliphatic heterocycles. The fraction of sp³-hybridized carbons (Fsp3) is 0.611. The molecule has 162 valence electrons. The first-order chi connectivity index (χ1) is 12.2. The predicted octanol–water partition coefficient (Wildman–Crippen LogP) is 2.30. The van der Waals surface area contributed by atoms with Crippen LogP contribution in [0, 0.1) is 0 Å². The summed E-state index contributed by atoms with van der Waals surface area (Å²) in [6.07, 6.45) is 0.616.